The smallest absolute Gasteiger partial charge is 0.223 e. The van der Waals surface area contributed by atoms with E-state index in [0.717, 1.165) is 43.6 Å². The molecule has 0 saturated carbocycles. The minimum absolute atomic E-state index is 0. The van der Waals surface area contributed by atoms with Crippen LogP contribution in [0.3, 0.4) is 0 Å². The zero-order valence-corrected chi connectivity index (χ0v) is 13.9. The van der Waals surface area contributed by atoms with E-state index in [2.05, 4.69) is 15.7 Å². The molecule has 5 nitrogen and oxygen atoms in total. The molecule has 0 aliphatic carbocycles. The molecular formula is C17H23ClN4O. The minimum atomic E-state index is 0. The predicted octanol–water partition coefficient (Wildman–Crippen LogP) is 1.95. The van der Waals surface area contributed by atoms with Crippen LogP contribution < -0.4 is 10.6 Å². The van der Waals surface area contributed by atoms with Gasteiger partial charge in [0.2, 0.25) is 5.91 Å². The highest BCUT2D eigenvalue weighted by Crippen LogP contribution is 2.11. The van der Waals surface area contributed by atoms with Crippen molar-refractivity contribution in [3.63, 3.8) is 0 Å². The fourth-order valence-electron chi connectivity index (χ4n) is 2.77. The number of amides is 1. The highest BCUT2D eigenvalue weighted by Gasteiger charge is 2.20. The second kappa shape index (κ2) is 8.70. The quantitative estimate of drug-likeness (QED) is 0.878. The van der Waals surface area contributed by atoms with Crippen LogP contribution >= 0.6 is 12.4 Å². The molecule has 0 bridgehead atoms. The molecule has 1 aromatic heterocycles. The Morgan fingerprint density at radius 2 is 2.00 bits per heavy atom. The lowest BCUT2D eigenvalue weighted by molar-refractivity contribution is -0.125. The number of benzene rings is 1. The van der Waals surface area contributed by atoms with Gasteiger partial charge in [0.25, 0.3) is 0 Å². The predicted molar refractivity (Wildman–Crippen MR) is 93.1 cm³/mol. The first-order chi connectivity index (χ1) is 10.8. The van der Waals surface area contributed by atoms with E-state index in [-0.39, 0.29) is 24.2 Å². The van der Waals surface area contributed by atoms with Crippen LogP contribution in [0.1, 0.15) is 18.4 Å². The van der Waals surface area contributed by atoms with Gasteiger partial charge in [0, 0.05) is 18.7 Å². The third-order valence-corrected chi connectivity index (χ3v) is 4.08. The first-order valence-electron chi connectivity index (χ1n) is 7.90. The molecule has 1 aliphatic heterocycles. The molecule has 0 spiro atoms. The van der Waals surface area contributed by atoms with Crippen LogP contribution in [0.15, 0.2) is 42.7 Å². The van der Waals surface area contributed by atoms with Crippen LogP contribution in [-0.4, -0.2) is 35.3 Å². The Kier molecular flexibility index (Phi) is 6.62. The van der Waals surface area contributed by atoms with Crippen molar-refractivity contribution in [1.29, 1.82) is 0 Å². The summed E-state index contributed by atoms with van der Waals surface area (Å²) in [4.78, 5) is 12.1. The number of hydrogen-bond donors (Lipinski definition) is 2. The van der Waals surface area contributed by atoms with Gasteiger partial charge >= 0.3 is 0 Å². The molecule has 1 saturated heterocycles. The number of hydrogen-bond acceptors (Lipinski definition) is 3. The molecule has 1 amide bonds. The Morgan fingerprint density at radius 1 is 1.26 bits per heavy atom. The van der Waals surface area contributed by atoms with Crippen molar-refractivity contribution >= 4 is 18.3 Å². The van der Waals surface area contributed by atoms with E-state index >= 15 is 0 Å². The van der Waals surface area contributed by atoms with Gasteiger partial charge in [0.05, 0.1) is 11.9 Å². The first-order valence-corrected chi connectivity index (χ1v) is 7.90. The van der Waals surface area contributed by atoms with Crippen molar-refractivity contribution in [2.24, 2.45) is 5.92 Å². The molecule has 1 fully saturated rings. The number of aromatic nitrogens is 2. The van der Waals surface area contributed by atoms with E-state index in [1.165, 1.54) is 0 Å². The van der Waals surface area contributed by atoms with Crippen LogP contribution in [0.5, 0.6) is 0 Å². The monoisotopic (exact) mass is 334 g/mol. The molecule has 2 aromatic rings. The number of carbonyl (C=O) groups is 1. The maximum atomic E-state index is 12.1. The van der Waals surface area contributed by atoms with Crippen LogP contribution in [0, 0.1) is 5.92 Å². The fraction of sp³-hybridized carbons (Fsp3) is 0.412. The highest BCUT2D eigenvalue weighted by molar-refractivity contribution is 5.85. The number of nitrogens with zero attached hydrogens (tertiary/aromatic N) is 2. The van der Waals surface area contributed by atoms with Crippen molar-refractivity contribution in [2.45, 2.75) is 19.3 Å². The minimum Gasteiger partial charge on any atom is -0.356 e. The van der Waals surface area contributed by atoms with Crippen LogP contribution in [-0.2, 0) is 11.2 Å². The molecule has 23 heavy (non-hydrogen) atoms. The molecule has 1 aromatic carbocycles. The van der Waals surface area contributed by atoms with Gasteiger partial charge in [-0.1, -0.05) is 18.2 Å². The summed E-state index contributed by atoms with van der Waals surface area (Å²) in [6.07, 6.45) is 6.58. The molecule has 1 aliphatic rings. The molecule has 3 rings (SSSR count). The van der Waals surface area contributed by atoms with Gasteiger partial charge in [0.1, 0.15) is 0 Å². The summed E-state index contributed by atoms with van der Waals surface area (Å²) in [6, 6.07) is 10.0. The number of para-hydroxylation sites is 1. The maximum absolute atomic E-state index is 12.1. The van der Waals surface area contributed by atoms with Gasteiger partial charge in [-0.25, -0.2) is 4.68 Å². The summed E-state index contributed by atoms with van der Waals surface area (Å²) < 4.78 is 1.87. The molecule has 2 N–H and O–H groups in total. The number of carbonyl (C=O) groups excluding carboxylic acids is 1. The van der Waals surface area contributed by atoms with E-state index in [1.54, 1.807) is 0 Å². The zero-order chi connectivity index (χ0) is 15.2. The molecular weight excluding hydrogens is 312 g/mol. The summed E-state index contributed by atoms with van der Waals surface area (Å²) in [6.45, 7) is 2.56. The maximum Gasteiger partial charge on any atom is 0.223 e. The van der Waals surface area contributed by atoms with Crippen molar-refractivity contribution in [2.75, 3.05) is 19.6 Å². The highest BCUT2D eigenvalue weighted by atomic mass is 35.5. The Bertz CT molecular complexity index is 608. The van der Waals surface area contributed by atoms with Crippen LogP contribution in [0.2, 0.25) is 0 Å². The summed E-state index contributed by atoms with van der Waals surface area (Å²) >= 11 is 0. The lowest BCUT2D eigenvalue weighted by Crippen LogP contribution is -2.38. The second-order valence-corrected chi connectivity index (χ2v) is 5.69. The number of halogens is 1. The Morgan fingerprint density at radius 3 is 2.74 bits per heavy atom. The fourth-order valence-corrected chi connectivity index (χ4v) is 2.77. The average molecular weight is 335 g/mol. The summed E-state index contributed by atoms with van der Waals surface area (Å²) in [5, 5.41) is 10.7. The van der Waals surface area contributed by atoms with E-state index in [9.17, 15) is 4.79 Å². The number of piperidine rings is 1. The largest absolute Gasteiger partial charge is 0.356 e. The molecule has 6 heteroatoms. The molecule has 0 radical (unpaired) electrons. The Balaban J connectivity index is 0.00000192. The summed E-state index contributed by atoms with van der Waals surface area (Å²) in [7, 11) is 0. The van der Waals surface area contributed by atoms with Gasteiger partial charge in [0.15, 0.2) is 0 Å². The van der Waals surface area contributed by atoms with Gasteiger partial charge in [-0.3, -0.25) is 4.79 Å². The van der Waals surface area contributed by atoms with Gasteiger partial charge in [-0.2, -0.15) is 5.10 Å². The van der Waals surface area contributed by atoms with E-state index in [0.29, 0.717) is 6.54 Å². The van der Waals surface area contributed by atoms with Crippen molar-refractivity contribution in [1.82, 2.24) is 20.4 Å². The van der Waals surface area contributed by atoms with Crippen molar-refractivity contribution in [3.05, 3.63) is 48.3 Å². The van der Waals surface area contributed by atoms with E-state index in [4.69, 9.17) is 0 Å². The second-order valence-electron chi connectivity index (χ2n) is 5.69. The van der Waals surface area contributed by atoms with E-state index < -0.39 is 0 Å². The van der Waals surface area contributed by atoms with Crippen molar-refractivity contribution < 1.29 is 4.79 Å². The normalized spacial score (nSPS) is 15.0. The van der Waals surface area contributed by atoms with Crippen LogP contribution in [0.25, 0.3) is 5.69 Å². The Hall–Kier alpha value is -1.85. The van der Waals surface area contributed by atoms with Gasteiger partial charge < -0.3 is 10.6 Å². The lowest BCUT2D eigenvalue weighted by atomic mass is 9.97. The average Bonchev–Trinajstić information content (AvgIpc) is 3.05. The molecule has 2 heterocycles. The van der Waals surface area contributed by atoms with E-state index in [1.807, 2.05) is 47.4 Å². The third-order valence-electron chi connectivity index (χ3n) is 4.08. The van der Waals surface area contributed by atoms with Crippen molar-refractivity contribution in [3.8, 4) is 5.69 Å². The SMILES string of the molecule is Cl.O=C(NCCc1cnn(-c2ccccc2)c1)C1CCNCC1. The Labute approximate surface area is 142 Å². The van der Waals surface area contributed by atoms with Crippen LogP contribution in [0.4, 0.5) is 0 Å². The number of nitrogens with one attached hydrogen (secondary N) is 2. The lowest BCUT2D eigenvalue weighted by Gasteiger charge is -2.21. The first kappa shape index (κ1) is 17.5. The molecule has 0 atom stereocenters. The summed E-state index contributed by atoms with van der Waals surface area (Å²) in [5.41, 5.74) is 2.18. The standard InChI is InChI=1S/C17H22N4O.ClH/c22-17(15-7-9-18-10-8-15)19-11-6-14-12-20-21(13-14)16-4-2-1-3-5-16;/h1-5,12-13,15,18H,6-11H2,(H,19,22);1H. The van der Waals surface area contributed by atoms with Gasteiger partial charge in [-0.05, 0) is 50.0 Å². The molecule has 124 valence electrons. The third kappa shape index (κ3) is 4.81. The van der Waals surface area contributed by atoms with Gasteiger partial charge in [-0.15, -0.1) is 12.4 Å². The summed E-state index contributed by atoms with van der Waals surface area (Å²) in [5.74, 6) is 0.366. The topological polar surface area (TPSA) is 59.0 Å². The molecule has 0 unspecified atom stereocenters. The zero-order valence-electron chi connectivity index (χ0n) is 13.1. The number of rotatable bonds is 5.